The third-order valence-corrected chi connectivity index (χ3v) is 3.84. The molecule has 2 rings (SSSR count). The van der Waals surface area contributed by atoms with Crippen LogP contribution in [0.25, 0.3) is 0 Å². The van der Waals surface area contributed by atoms with Gasteiger partial charge in [0, 0.05) is 12.5 Å². The average Bonchev–Trinajstić information content (AvgIpc) is 2.88. The van der Waals surface area contributed by atoms with E-state index < -0.39 is 5.79 Å². The first-order valence-electron chi connectivity index (χ1n) is 6.36. The molecular formula is C14H19BrO4. The zero-order valence-electron chi connectivity index (χ0n) is 11.5. The van der Waals surface area contributed by atoms with Gasteiger partial charge in [-0.25, -0.2) is 0 Å². The van der Waals surface area contributed by atoms with Gasteiger partial charge in [-0.15, -0.1) is 0 Å². The smallest absolute Gasteiger partial charge is 0.198 e. The minimum absolute atomic E-state index is 0.604. The van der Waals surface area contributed by atoms with Crippen molar-refractivity contribution in [3.8, 4) is 11.5 Å². The topological polar surface area (TPSA) is 36.9 Å². The monoisotopic (exact) mass is 330 g/mol. The van der Waals surface area contributed by atoms with Gasteiger partial charge in [0.05, 0.1) is 37.5 Å². The van der Waals surface area contributed by atoms with Crippen LogP contribution in [-0.2, 0) is 15.3 Å². The highest BCUT2D eigenvalue weighted by Gasteiger charge is 2.40. The normalized spacial score (nSPS) is 17.5. The highest BCUT2D eigenvalue weighted by Crippen LogP contribution is 2.44. The average molecular weight is 331 g/mol. The SMILES string of the molecule is CCCC1(c2cc(Br)c(OC)cc2OC)OCCO1. The van der Waals surface area contributed by atoms with Crippen LogP contribution in [0.2, 0.25) is 0 Å². The summed E-state index contributed by atoms with van der Waals surface area (Å²) in [5.41, 5.74) is 0.905. The lowest BCUT2D eigenvalue weighted by Crippen LogP contribution is -2.27. The van der Waals surface area contributed by atoms with Crippen molar-refractivity contribution in [1.82, 2.24) is 0 Å². The molecule has 0 spiro atoms. The van der Waals surface area contributed by atoms with Crippen LogP contribution < -0.4 is 9.47 Å². The molecule has 1 heterocycles. The van der Waals surface area contributed by atoms with Crippen molar-refractivity contribution in [3.63, 3.8) is 0 Å². The van der Waals surface area contributed by atoms with Gasteiger partial charge < -0.3 is 18.9 Å². The number of benzene rings is 1. The Morgan fingerprint density at radius 1 is 1.16 bits per heavy atom. The van der Waals surface area contributed by atoms with Crippen molar-refractivity contribution < 1.29 is 18.9 Å². The van der Waals surface area contributed by atoms with Gasteiger partial charge in [-0.3, -0.25) is 0 Å². The summed E-state index contributed by atoms with van der Waals surface area (Å²) >= 11 is 3.50. The van der Waals surface area contributed by atoms with E-state index in [4.69, 9.17) is 18.9 Å². The molecule has 4 nitrogen and oxygen atoms in total. The summed E-state index contributed by atoms with van der Waals surface area (Å²) in [6, 6.07) is 3.81. The Kier molecular flexibility index (Phi) is 4.71. The van der Waals surface area contributed by atoms with Crippen LogP contribution in [0, 0.1) is 0 Å². The van der Waals surface area contributed by atoms with E-state index in [1.54, 1.807) is 14.2 Å². The lowest BCUT2D eigenvalue weighted by molar-refractivity contribution is -0.171. The molecule has 1 aromatic rings. The fourth-order valence-electron chi connectivity index (χ4n) is 2.38. The van der Waals surface area contributed by atoms with Gasteiger partial charge >= 0.3 is 0 Å². The van der Waals surface area contributed by atoms with Crippen molar-refractivity contribution in [2.45, 2.75) is 25.6 Å². The fourth-order valence-corrected chi connectivity index (χ4v) is 2.88. The van der Waals surface area contributed by atoms with Crippen LogP contribution in [0.3, 0.4) is 0 Å². The third-order valence-electron chi connectivity index (χ3n) is 3.22. The molecule has 0 N–H and O–H groups in total. The zero-order chi connectivity index (χ0) is 13.9. The van der Waals surface area contributed by atoms with E-state index in [2.05, 4.69) is 22.9 Å². The summed E-state index contributed by atoms with van der Waals surface area (Å²) in [5.74, 6) is 0.746. The van der Waals surface area contributed by atoms with Gasteiger partial charge in [-0.05, 0) is 22.0 Å². The van der Waals surface area contributed by atoms with Gasteiger partial charge in [0.1, 0.15) is 11.5 Å². The Labute approximate surface area is 122 Å². The van der Waals surface area contributed by atoms with Crippen LogP contribution >= 0.6 is 15.9 Å². The highest BCUT2D eigenvalue weighted by atomic mass is 79.9. The number of hydrogen-bond acceptors (Lipinski definition) is 4. The Morgan fingerprint density at radius 3 is 2.32 bits per heavy atom. The minimum Gasteiger partial charge on any atom is -0.496 e. The van der Waals surface area contributed by atoms with Crippen molar-refractivity contribution in [1.29, 1.82) is 0 Å². The number of rotatable bonds is 5. The molecule has 0 atom stereocenters. The molecule has 5 heteroatoms. The Morgan fingerprint density at radius 2 is 1.79 bits per heavy atom. The second-order valence-electron chi connectivity index (χ2n) is 4.39. The maximum absolute atomic E-state index is 5.87. The van der Waals surface area contributed by atoms with Crippen LogP contribution in [0.1, 0.15) is 25.3 Å². The molecule has 0 saturated carbocycles. The molecule has 1 aromatic carbocycles. The van der Waals surface area contributed by atoms with Crippen molar-refractivity contribution >= 4 is 15.9 Å². The molecule has 0 amide bonds. The second-order valence-corrected chi connectivity index (χ2v) is 5.24. The summed E-state index contributed by atoms with van der Waals surface area (Å²) in [7, 11) is 3.27. The number of hydrogen-bond donors (Lipinski definition) is 0. The van der Waals surface area contributed by atoms with Crippen molar-refractivity contribution in [2.24, 2.45) is 0 Å². The summed E-state index contributed by atoms with van der Waals surface area (Å²) in [6.45, 7) is 3.32. The molecule has 0 unspecified atom stereocenters. The summed E-state index contributed by atoms with van der Waals surface area (Å²) in [4.78, 5) is 0. The van der Waals surface area contributed by atoms with Gasteiger partial charge in [0.15, 0.2) is 5.79 Å². The predicted molar refractivity (Wildman–Crippen MR) is 75.7 cm³/mol. The zero-order valence-corrected chi connectivity index (χ0v) is 13.1. The maximum atomic E-state index is 5.87. The maximum Gasteiger partial charge on any atom is 0.198 e. The minimum atomic E-state index is -0.700. The number of halogens is 1. The van der Waals surface area contributed by atoms with E-state index in [0.29, 0.717) is 13.2 Å². The van der Waals surface area contributed by atoms with Gasteiger partial charge in [-0.1, -0.05) is 13.3 Å². The largest absolute Gasteiger partial charge is 0.496 e. The lowest BCUT2D eigenvalue weighted by Gasteiger charge is -2.29. The molecular weight excluding hydrogens is 312 g/mol. The standard InChI is InChI=1S/C14H19BrO4/c1-4-5-14(18-6-7-19-14)10-8-11(15)13(17-3)9-12(10)16-2/h8-9H,4-7H2,1-3H3. The molecule has 19 heavy (non-hydrogen) atoms. The number of methoxy groups -OCH3 is 2. The first kappa shape index (κ1) is 14.6. The van der Waals surface area contributed by atoms with Gasteiger partial charge in [0.25, 0.3) is 0 Å². The van der Waals surface area contributed by atoms with Crippen molar-refractivity contribution in [3.05, 3.63) is 22.2 Å². The number of ether oxygens (including phenoxy) is 4. The molecule has 0 aliphatic carbocycles. The summed E-state index contributed by atoms with van der Waals surface area (Å²) in [6.07, 6.45) is 1.76. The molecule has 1 aliphatic rings. The fraction of sp³-hybridized carbons (Fsp3) is 0.571. The molecule has 106 valence electrons. The van der Waals surface area contributed by atoms with Gasteiger partial charge in [0.2, 0.25) is 0 Å². The molecule has 0 bridgehead atoms. The molecule has 1 fully saturated rings. The van der Waals surface area contributed by atoms with Crippen molar-refractivity contribution in [2.75, 3.05) is 27.4 Å². The Hall–Kier alpha value is -0.780. The molecule has 1 aliphatic heterocycles. The van der Waals surface area contributed by atoms with Crippen LogP contribution in [0.15, 0.2) is 16.6 Å². The van der Waals surface area contributed by atoms with E-state index in [1.807, 2.05) is 12.1 Å². The molecule has 1 saturated heterocycles. The van der Waals surface area contributed by atoms with Crippen LogP contribution in [0.5, 0.6) is 11.5 Å². The van der Waals surface area contributed by atoms with E-state index in [-0.39, 0.29) is 0 Å². The Bertz CT molecular complexity index is 441. The third kappa shape index (κ3) is 2.73. The first-order valence-corrected chi connectivity index (χ1v) is 7.16. The summed E-state index contributed by atoms with van der Waals surface area (Å²) < 4.78 is 23.4. The lowest BCUT2D eigenvalue weighted by atomic mass is 9.99. The van der Waals surface area contributed by atoms with E-state index in [9.17, 15) is 0 Å². The predicted octanol–water partition coefficient (Wildman–Crippen LogP) is 3.47. The highest BCUT2D eigenvalue weighted by molar-refractivity contribution is 9.10. The molecule has 0 radical (unpaired) electrons. The molecule has 0 aromatic heterocycles. The summed E-state index contributed by atoms with van der Waals surface area (Å²) in [5, 5.41) is 0. The van der Waals surface area contributed by atoms with E-state index >= 15 is 0 Å². The quantitative estimate of drug-likeness (QED) is 0.828. The second kappa shape index (κ2) is 6.11. The van der Waals surface area contributed by atoms with E-state index in [1.165, 1.54) is 0 Å². The Balaban J connectivity index is 2.49. The first-order chi connectivity index (χ1) is 9.16. The van der Waals surface area contributed by atoms with Crippen LogP contribution in [-0.4, -0.2) is 27.4 Å². The van der Waals surface area contributed by atoms with Crippen LogP contribution in [0.4, 0.5) is 0 Å². The van der Waals surface area contributed by atoms with Gasteiger partial charge in [-0.2, -0.15) is 0 Å². The van der Waals surface area contributed by atoms with E-state index in [0.717, 1.165) is 34.4 Å².